The van der Waals surface area contributed by atoms with Gasteiger partial charge in [-0.1, -0.05) is 57.2 Å². The van der Waals surface area contributed by atoms with Crippen LogP contribution < -0.4 is 10.6 Å². The van der Waals surface area contributed by atoms with E-state index in [9.17, 15) is 9.59 Å². The molecule has 0 bridgehead atoms. The third-order valence-corrected chi connectivity index (χ3v) is 3.39. The lowest BCUT2D eigenvalue weighted by Gasteiger charge is -2.22. The molecular weight excluding hydrogens is 288 g/mol. The molecule has 120 valence electrons. The van der Waals surface area contributed by atoms with Crippen LogP contribution in [0.1, 0.15) is 32.8 Å². The average molecular weight is 310 g/mol. The Kier molecular flexibility index (Phi) is 5.16. The van der Waals surface area contributed by atoms with Crippen molar-refractivity contribution in [1.82, 2.24) is 0 Å². The Hall–Kier alpha value is -2.62. The minimum Gasteiger partial charge on any atom is -0.326 e. The monoisotopic (exact) mass is 310 g/mol. The van der Waals surface area contributed by atoms with Gasteiger partial charge < -0.3 is 10.6 Å². The number of para-hydroxylation sites is 2. The van der Waals surface area contributed by atoms with Crippen molar-refractivity contribution in [2.24, 2.45) is 0 Å². The van der Waals surface area contributed by atoms with E-state index in [1.165, 1.54) is 0 Å². The molecule has 0 atom stereocenters. The van der Waals surface area contributed by atoms with E-state index in [0.29, 0.717) is 5.69 Å². The first-order valence-electron chi connectivity index (χ1n) is 7.60. The molecule has 0 saturated heterocycles. The minimum absolute atomic E-state index is 0.0871. The van der Waals surface area contributed by atoms with Crippen LogP contribution in [0.5, 0.6) is 0 Å². The van der Waals surface area contributed by atoms with Gasteiger partial charge in [0.25, 0.3) is 0 Å². The van der Waals surface area contributed by atoms with E-state index in [1.807, 2.05) is 42.5 Å². The maximum Gasteiger partial charge on any atom is 0.233 e. The van der Waals surface area contributed by atoms with Crippen LogP contribution in [-0.2, 0) is 15.0 Å². The third kappa shape index (κ3) is 4.95. The van der Waals surface area contributed by atoms with Crippen molar-refractivity contribution >= 4 is 23.2 Å². The van der Waals surface area contributed by atoms with Gasteiger partial charge in [0.2, 0.25) is 11.8 Å². The normalized spacial score (nSPS) is 10.9. The molecule has 2 amide bonds. The fourth-order valence-electron chi connectivity index (χ4n) is 2.31. The fourth-order valence-corrected chi connectivity index (χ4v) is 2.31. The van der Waals surface area contributed by atoms with Gasteiger partial charge in [0.05, 0.1) is 0 Å². The van der Waals surface area contributed by atoms with Gasteiger partial charge in [-0.25, -0.2) is 0 Å². The number of benzene rings is 2. The molecule has 0 spiro atoms. The number of nitrogens with one attached hydrogen (secondary N) is 2. The number of hydrogen-bond donors (Lipinski definition) is 2. The number of amides is 2. The molecule has 0 aliphatic rings. The Bertz CT molecular complexity index is 688. The van der Waals surface area contributed by atoms with E-state index in [-0.39, 0.29) is 23.7 Å². The Morgan fingerprint density at radius 1 is 0.826 bits per heavy atom. The van der Waals surface area contributed by atoms with Crippen LogP contribution in [0.25, 0.3) is 0 Å². The van der Waals surface area contributed by atoms with E-state index < -0.39 is 0 Å². The molecular formula is C19H22N2O2. The second-order valence-electron chi connectivity index (χ2n) is 6.43. The van der Waals surface area contributed by atoms with E-state index in [0.717, 1.165) is 11.3 Å². The molecule has 2 N–H and O–H groups in total. The summed E-state index contributed by atoms with van der Waals surface area (Å²) in [6.45, 7) is 6.25. The van der Waals surface area contributed by atoms with E-state index in [4.69, 9.17) is 0 Å². The fraction of sp³-hybridized carbons (Fsp3) is 0.263. The van der Waals surface area contributed by atoms with E-state index in [1.54, 1.807) is 12.1 Å². The zero-order chi connectivity index (χ0) is 16.9. The molecule has 2 aromatic carbocycles. The molecule has 0 heterocycles. The zero-order valence-corrected chi connectivity index (χ0v) is 13.7. The Morgan fingerprint density at radius 3 is 2.04 bits per heavy atom. The molecule has 4 nitrogen and oxygen atoms in total. The van der Waals surface area contributed by atoms with Crippen molar-refractivity contribution in [2.75, 3.05) is 10.6 Å². The summed E-state index contributed by atoms with van der Waals surface area (Å²) in [5.74, 6) is -0.655. The first-order valence-corrected chi connectivity index (χ1v) is 7.60. The number of anilines is 2. The molecule has 0 aliphatic heterocycles. The van der Waals surface area contributed by atoms with Crippen molar-refractivity contribution in [2.45, 2.75) is 32.6 Å². The summed E-state index contributed by atoms with van der Waals surface area (Å²) in [6.07, 6.45) is -0.215. The molecule has 0 aliphatic carbocycles. The summed E-state index contributed by atoms with van der Waals surface area (Å²) in [7, 11) is 0. The third-order valence-electron chi connectivity index (χ3n) is 3.39. The second kappa shape index (κ2) is 7.09. The topological polar surface area (TPSA) is 58.2 Å². The maximum absolute atomic E-state index is 12.1. The van der Waals surface area contributed by atoms with Crippen molar-refractivity contribution in [3.05, 3.63) is 60.2 Å². The standard InChI is InChI=1S/C19H22N2O2/c1-19(2,3)15-11-7-8-12-16(15)21-18(23)13-17(22)20-14-9-5-4-6-10-14/h4-12H,13H2,1-3H3,(H,20,22)(H,21,23). The van der Waals surface area contributed by atoms with Gasteiger partial charge in [0, 0.05) is 11.4 Å². The molecule has 2 rings (SSSR count). The minimum atomic E-state index is -0.332. The predicted molar refractivity (Wildman–Crippen MR) is 93.5 cm³/mol. The number of carbonyl (C=O) groups excluding carboxylic acids is 2. The number of carbonyl (C=O) groups is 2. The molecule has 0 radical (unpaired) electrons. The summed E-state index contributed by atoms with van der Waals surface area (Å²) < 4.78 is 0. The van der Waals surface area contributed by atoms with Gasteiger partial charge in [-0.05, 0) is 29.2 Å². The summed E-state index contributed by atoms with van der Waals surface area (Å²) in [4.78, 5) is 24.0. The van der Waals surface area contributed by atoms with Gasteiger partial charge in [0.15, 0.2) is 0 Å². The highest BCUT2D eigenvalue weighted by Gasteiger charge is 2.19. The van der Waals surface area contributed by atoms with Crippen LogP contribution in [0.2, 0.25) is 0 Å². The van der Waals surface area contributed by atoms with Crippen LogP contribution >= 0.6 is 0 Å². The van der Waals surface area contributed by atoms with Gasteiger partial charge in [0.1, 0.15) is 6.42 Å². The average Bonchev–Trinajstić information content (AvgIpc) is 2.47. The molecule has 0 fully saturated rings. The van der Waals surface area contributed by atoms with E-state index in [2.05, 4.69) is 31.4 Å². The van der Waals surface area contributed by atoms with Crippen molar-refractivity contribution in [3.8, 4) is 0 Å². The van der Waals surface area contributed by atoms with Crippen LogP contribution in [0.3, 0.4) is 0 Å². The van der Waals surface area contributed by atoms with E-state index >= 15 is 0 Å². The molecule has 4 heteroatoms. The first kappa shape index (κ1) is 16.7. The van der Waals surface area contributed by atoms with Gasteiger partial charge in [-0.2, -0.15) is 0 Å². The predicted octanol–water partition coefficient (Wildman–Crippen LogP) is 3.95. The molecule has 23 heavy (non-hydrogen) atoms. The SMILES string of the molecule is CC(C)(C)c1ccccc1NC(=O)CC(=O)Nc1ccccc1. The van der Waals surface area contributed by atoms with Gasteiger partial charge >= 0.3 is 0 Å². The summed E-state index contributed by atoms with van der Waals surface area (Å²) >= 11 is 0. The van der Waals surface area contributed by atoms with Crippen LogP contribution in [-0.4, -0.2) is 11.8 Å². The van der Waals surface area contributed by atoms with Crippen LogP contribution in [0, 0.1) is 0 Å². The molecule has 0 aromatic heterocycles. The number of rotatable bonds is 4. The second-order valence-corrected chi connectivity index (χ2v) is 6.43. The Balaban J connectivity index is 1.99. The van der Waals surface area contributed by atoms with Crippen LogP contribution in [0.15, 0.2) is 54.6 Å². The van der Waals surface area contributed by atoms with Gasteiger partial charge in [-0.15, -0.1) is 0 Å². The van der Waals surface area contributed by atoms with Crippen LogP contribution in [0.4, 0.5) is 11.4 Å². The Labute approximate surface area is 136 Å². The van der Waals surface area contributed by atoms with Crippen molar-refractivity contribution < 1.29 is 9.59 Å². The lowest BCUT2D eigenvalue weighted by Crippen LogP contribution is -2.23. The highest BCUT2D eigenvalue weighted by molar-refractivity contribution is 6.08. The summed E-state index contributed by atoms with van der Waals surface area (Å²) in [6, 6.07) is 16.7. The molecule has 0 saturated carbocycles. The summed E-state index contributed by atoms with van der Waals surface area (Å²) in [5, 5.41) is 5.54. The largest absolute Gasteiger partial charge is 0.326 e. The summed E-state index contributed by atoms with van der Waals surface area (Å²) in [5.41, 5.74) is 2.38. The Morgan fingerprint density at radius 2 is 1.39 bits per heavy atom. The highest BCUT2D eigenvalue weighted by atomic mass is 16.2. The first-order chi connectivity index (χ1) is 10.9. The quantitative estimate of drug-likeness (QED) is 0.840. The number of hydrogen-bond acceptors (Lipinski definition) is 2. The van der Waals surface area contributed by atoms with Crippen molar-refractivity contribution in [3.63, 3.8) is 0 Å². The lowest BCUT2D eigenvalue weighted by atomic mass is 9.86. The molecule has 0 unspecified atom stereocenters. The van der Waals surface area contributed by atoms with Crippen molar-refractivity contribution in [1.29, 1.82) is 0 Å². The molecule has 2 aromatic rings. The highest BCUT2D eigenvalue weighted by Crippen LogP contribution is 2.29. The maximum atomic E-state index is 12.1. The van der Waals surface area contributed by atoms with Gasteiger partial charge in [-0.3, -0.25) is 9.59 Å². The zero-order valence-electron chi connectivity index (χ0n) is 13.7. The lowest BCUT2D eigenvalue weighted by molar-refractivity contribution is -0.123. The smallest absolute Gasteiger partial charge is 0.233 e.